The number of phenols is 1. The van der Waals surface area contributed by atoms with E-state index in [1.54, 1.807) is 18.2 Å². The van der Waals surface area contributed by atoms with Gasteiger partial charge in [0.15, 0.2) is 0 Å². The van der Waals surface area contributed by atoms with Crippen molar-refractivity contribution in [2.45, 2.75) is 25.7 Å². The Hall–Kier alpha value is -1.36. The standard InChI is InChI=1S/C15H17BrN2O2/c16-10-5-6-13(19)9(7-10)8-17-18-15(20)14-11-3-1-2-4-12(11)14/h5-8,11-12,14,19H,1-4H2,(H,18,20)/b17-8+/t11-,12+,14?. The topological polar surface area (TPSA) is 61.7 Å². The molecular formula is C15H17BrN2O2. The minimum Gasteiger partial charge on any atom is -0.507 e. The van der Waals surface area contributed by atoms with Crippen molar-refractivity contribution in [3.05, 3.63) is 28.2 Å². The molecule has 0 spiro atoms. The third-order valence-electron chi connectivity index (χ3n) is 4.33. The smallest absolute Gasteiger partial charge is 0.243 e. The molecule has 0 bridgehead atoms. The van der Waals surface area contributed by atoms with Gasteiger partial charge >= 0.3 is 0 Å². The molecule has 5 heteroatoms. The summed E-state index contributed by atoms with van der Waals surface area (Å²) in [5, 5.41) is 13.6. The molecule has 2 N–H and O–H groups in total. The van der Waals surface area contributed by atoms with Gasteiger partial charge in [0.25, 0.3) is 0 Å². The number of rotatable bonds is 3. The summed E-state index contributed by atoms with van der Waals surface area (Å²) in [6.45, 7) is 0. The van der Waals surface area contributed by atoms with Crippen LogP contribution in [0.4, 0.5) is 0 Å². The lowest BCUT2D eigenvalue weighted by atomic mass is 10.0. The molecule has 3 atom stereocenters. The Morgan fingerprint density at radius 2 is 2.05 bits per heavy atom. The molecule has 0 saturated heterocycles. The van der Waals surface area contributed by atoms with Crippen LogP contribution >= 0.6 is 15.9 Å². The summed E-state index contributed by atoms with van der Waals surface area (Å²) in [4.78, 5) is 12.0. The Kier molecular flexibility index (Phi) is 3.78. The van der Waals surface area contributed by atoms with Crippen molar-refractivity contribution < 1.29 is 9.90 Å². The molecule has 1 amide bonds. The second kappa shape index (κ2) is 5.56. The molecule has 1 aromatic carbocycles. The van der Waals surface area contributed by atoms with Crippen molar-refractivity contribution in [3.8, 4) is 5.75 Å². The zero-order chi connectivity index (χ0) is 14.1. The van der Waals surface area contributed by atoms with Gasteiger partial charge in [-0.1, -0.05) is 28.8 Å². The van der Waals surface area contributed by atoms with E-state index in [-0.39, 0.29) is 17.6 Å². The highest BCUT2D eigenvalue weighted by Gasteiger charge is 2.54. The molecule has 4 nitrogen and oxygen atoms in total. The molecule has 2 fully saturated rings. The lowest BCUT2D eigenvalue weighted by molar-refractivity contribution is -0.122. The molecule has 0 radical (unpaired) electrons. The van der Waals surface area contributed by atoms with Crippen molar-refractivity contribution >= 4 is 28.1 Å². The SMILES string of the molecule is O=C(N/N=C/c1cc(Br)ccc1O)C1[C@H]2CCCC[C@@H]12. The van der Waals surface area contributed by atoms with Gasteiger partial charge in [-0.15, -0.1) is 0 Å². The number of amides is 1. The summed E-state index contributed by atoms with van der Waals surface area (Å²) in [5.74, 6) is 1.49. The van der Waals surface area contributed by atoms with Gasteiger partial charge in [-0.3, -0.25) is 4.79 Å². The number of hydrogen-bond donors (Lipinski definition) is 2. The summed E-state index contributed by atoms with van der Waals surface area (Å²) in [6, 6.07) is 5.09. The number of nitrogens with one attached hydrogen (secondary N) is 1. The third kappa shape index (κ3) is 2.73. The van der Waals surface area contributed by atoms with E-state index in [0.717, 1.165) is 4.47 Å². The van der Waals surface area contributed by atoms with Crippen LogP contribution in [-0.2, 0) is 4.79 Å². The molecule has 0 aromatic heterocycles. The third-order valence-corrected chi connectivity index (χ3v) is 4.82. The molecule has 3 rings (SSSR count). The van der Waals surface area contributed by atoms with Gasteiger partial charge in [0.05, 0.1) is 6.21 Å². The number of hydrogen-bond acceptors (Lipinski definition) is 3. The zero-order valence-corrected chi connectivity index (χ0v) is 12.6. The highest BCUT2D eigenvalue weighted by Crippen LogP contribution is 2.55. The van der Waals surface area contributed by atoms with E-state index in [9.17, 15) is 9.90 Å². The van der Waals surface area contributed by atoms with Gasteiger partial charge in [-0.25, -0.2) is 5.43 Å². The molecule has 20 heavy (non-hydrogen) atoms. The largest absolute Gasteiger partial charge is 0.507 e. The van der Waals surface area contributed by atoms with Crippen molar-refractivity contribution in [2.75, 3.05) is 0 Å². The van der Waals surface area contributed by atoms with E-state index >= 15 is 0 Å². The van der Waals surface area contributed by atoms with Crippen molar-refractivity contribution in [1.29, 1.82) is 0 Å². The number of carbonyl (C=O) groups is 1. The number of hydrazone groups is 1. The van der Waals surface area contributed by atoms with Gasteiger partial charge in [-0.2, -0.15) is 5.10 Å². The number of phenolic OH excluding ortho intramolecular Hbond substituents is 1. The zero-order valence-electron chi connectivity index (χ0n) is 11.1. The quantitative estimate of drug-likeness (QED) is 0.658. The second-order valence-electron chi connectivity index (χ2n) is 5.58. The van der Waals surface area contributed by atoms with E-state index in [4.69, 9.17) is 0 Å². The average Bonchev–Trinajstić information content (AvgIpc) is 3.17. The summed E-state index contributed by atoms with van der Waals surface area (Å²) in [5.41, 5.74) is 3.18. The molecule has 2 saturated carbocycles. The van der Waals surface area contributed by atoms with E-state index in [0.29, 0.717) is 17.4 Å². The van der Waals surface area contributed by atoms with Gasteiger partial charge in [0, 0.05) is 16.0 Å². The molecule has 0 heterocycles. The number of benzene rings is 1. The number of carbonyl (C=O) groups excluding carboxylic acids is 1. The van der Waals surface area contributed by atoms with Gasteiger partial charge in [0.2, 0.25) is 5.91 Å². The minimum absolute atomic E-state index is 0.0210. The van der Waals surface area contributed by atoms with Crippen molar-refractivity contribution in [1.82, 2.24) is 5.43 Å². The maximum Gasteiger partial charge on any atom is 0.243 e. The monoisotopic (exact) mass is 336 g/mol. The summed E-state index contributed by atoms with van der Waals surface area (Å²) in [7, 11) is 0. The fraction of sp³-hybridized carbons (Fsp3) is 0.467. The summed E-state index contributed by atoms with van der Waals surface area (Å²) in [6.07, 6.45) is 6.34. The minimum atomic E-state index is 0.0210. The van der Waals surface area contributed by atoms with Crippen LogP contribution < -0.4 is 5.43 Å². The highest BCUT2D eigenvalue weighted by atomic mass is 79.9. The maximum absolute atomic E-state index is 12.0. The van der Waals surface area contributed by atoms with E-state index in [1.807, 2.05) is 0 Å². The number of halogens is 1. The lowest BCUT2D eigenvalue weighted by Crippen LogP contribution is -2.20. The number of nitrogens with zero attached hydrogens (tertiary/aromatic N) is 1. The fourth-order valence-electron chi connectivity index (χ4n) is 3.25. The molecule has 0 aliphatic heterocycles. The van der Waals surface area contributed by atoms with E-state index in [2.05, 4.69) is 26.5 Å². The van der Waals surface area contributed by atoms with Crippen molar-refractivity contribution in [2.24, 2.45) is 22.9 Å². The first-order valence-electron chi connectivity index (χ1n) is 6.98. The van der Waals surface area contributed by atoms with Crippen LogP contribution in [0.25, 0.3) is 0 Å². The van der Waals surface area contributed by atoms with E-state index in [1.165, 1.54) is 31.9 Å². The second-order valence-corrected chi connectivity index (χ2v) is 6.49. The van der Waals surface area contributed by atoms with Crippen LogP contribution in [0.15, 0.2) is 27.8 Å². The highest BCUT2D eigenvalue weighted by molar-refractivity contribution is 9.10. The van der Waals surface area contributed by atoms with Gasteiger partial charge in [-0.05, 0) is 42.9 Å². The Morgan fingerprint density at radius 3 is 2.75 bits per heavy atom. The van der Waals surface area contributed by atoms with Gasteiger partial charge < -0.3 is 5.11 Å². The number of aromatic hydroxyl groups is 1. The molecule has 1 aromatic rings. The normalized spacial score (nSPS) is 28.1. The lowest BCUT2D eigenvalue weighted by Gasteiger charge is -2.04. The summed E-state index contributed by atoms with van der Waals surface area (Å²) >= 11 is 3.33. The van der Waals surface area contributed by atoms with Crippen LogP contribution in [0.5, 0.6) is 5.75 Å². The van der Waals surface area contributed by atoms with Crippen LogP contribution in [0.1, 0.15) is 31.2 Å². The fourth-order valence-corrected chi connectivity index (χ4v) is 3.63. The Balaban J connectivity index is 1.58. The van der Waals surface area contributed by atoms with E-state index < -0.39 is 0 Å². The van der Waals surface area contributed by atoms with Crippen LogP contribution in [0.3, 0.4) is 0 Å². The predicted molar refractivity (Wildman–Crippen MR) is 80.5 cm³/mol. The maximum atomic E-state index is 12.0. The molecular weight excluding hydrogens is 320 g/mol. The summed E-state index contributed by atoms with van der Waals surface area (Å²) < 4.78 is 0.858. The van der Waals surface area contributed by atoms with Crippen LogP contribution in [-0.4, -0.2) is 17.2 Å². The van der Waals surface area contributed by atoms with Crippen LogP contribution in [0, 0.1) is 17.8 Å². The molecule has 1 unspecified atom stereocenters. The average molecular weight is 337 g/mol. The first kappa shape index (κ1) is 13.6. The Morgan fingerprint density at radius 1 is 1.35 bits per heavy atom. The first-order valence-corrected chi connectivity index (χ1v) is 7.77. The number of fused-ring (bicyclic) bond motifs is 1. The predicted octanol–water partition coefficient (Wildman–Crippen LogP) is 3.04. The molecule has 106 valence electrons. The first-order chi connectivity index (χ1) is 9.66. The van der Waals surface area contributed by atoms with Crippen molar-refractivity contribution in [3.63, 3.8) is 0 Å². The Labute approximate surface area is 126 Å². The van der Waals surface area contributed by atoms with Gasteiger partial charge in [0.1, 0.15) is 5.75 Å². The Bertz CT molecular complexity index is 547. The molecule has 2 aliphatic rings. The van der Waals surface area contributed by atoms with Crippen LogP contribution in [0.2, 0.25) is 0 Å². The molecule has 2 aliphatic carbocycles.